The quantitative estimate of drug-likeness (QED) is 0.840. The van der Waals surface area contributed by atoms with Crippen LogP contribution >= 0.6 is 0 Å². The highest BCUT2D eigenvalue weighted by atomic mass is 16.3. The molecule has 2 rings (SSSR count). The summed E-state index contributed by atoms with van der Waals surface area (Å²) in [7, 11) is 0. The summed E-state index contributed by atoms with van der Waals surface area (Å²) in [5.41, 5.74) is 5.02. The Bertz CT molecular complexity index is 631. The first-order valence-corrected chi connectivity index (χ1v) is 6.86. The summed E-state index contributed by atoms with van der Waals surface area (Å²) in [5, 5.41) is 9.85. The number of carbonyl (C=O) groups is 1. The number of aromatic hydroxyl groups is 1. The second-order valence-electron chi connectivity index (χ2n) is 5.41. The third kappa shape index (κ3) is 3.27. The van der Waals surface area contributed by atoms with Crippen molar-refractivity contribution in [1.29, 1.82) is 0 Å². The fourth-order valence-electron chi connectivity index (χ4n) is 2.35. The van der Waals surface area contributed by atoms with Gasteiger partial charge < -0.3 is 5.11 Å². The summed E-state index contributed by atoms with van der Waals surface area (Å²) in [5.74, 6) is 0.400. The molecule has 1 aliphatic carbocycles. The lowest BCUT2D eigenvalue weighted by molar-refractivity contribution is -0.111. The number of allylic oxidation sites excluding steroid dienone is 6. The zero-order valence-corrected chi connectivity index (χ0v) is 12.2. The molecule has 1 aromatic carbocycles. The van der Waals surface area contributed by atoms with Crippen molar-refractivity contribution in [3.05, 3.63) is 64.3 Å². The van der Waals surface area contributed by atoms with Crippen LogP contribution in [0, 0.1) is 6.92 Å². The lowest BCUT2D eigenvalue weighted by Gasteiger charge is -2.11. The van der Waals surface area contributed by atoms with Crippen molar-refractivity contribution in [2.75, 3.05) is 0 Å². The molecule has 0 aromatic heterocycles. The molecule has 0 saturated heterocycles. The topological polar surface area (TPSA) is 37.3 Å². The van der Waals surface area contributed by atoms with Crippen molar-refractivity contribution >= 4 is 5.78 Å². The van der Waals surface area contributed by atoms with Crippen molar-refractivity contribution < 1.29 is 9.90 Å². The average Bonchev–Trinajstić information content (AvgIpc) is 2.42. The molecule has 2 heteroatoms. The van der Waals surface area contributed by atoms with Gasteiger partial charge in [-0.25, -0.2) is 0 Å². The summed E-state index contributed by atoms with van der Waals surface area (Å²) in [4.78, 5) is 11.9. The van der Waals surface area contributed by atoms with E-state index < -0.39 is 0 Å². The summed E-state index contributed by atoms with van der Waals surface area (Å²) in [6.07, 6.45) is 6.92. The van der Waals surface area contributed by atoms with Gasteiger partial charge in [0.15, 0.2) is 5.78 Å². The molecule has 0 heterocycles. The third-order valence-corrected chi connectivity index (χ3v) is 3.60. The Labute approximate surface area is 120 Å². The number of rotatable bonds is 3. The zero-order chi connectivity index (χ0) is 14.7. The summed E-state index contributed by atoms with van der Waals surface area (Å²) in [6, 6.07) is 5.62. The third-order valence-electron chi connectivity index (χ3n) is 3.60. The van der Waals surface area contributed by atoms with Gasteiger partial charge in [0.2, 0.25) is 0 Å². The number of phenols is 1. The zero-order valence-electron chi connectivity index (χ0n) is 12.2. The summed E-state index contributed by atoms with van der Waals surface area (Å²) >= 11 is 0. The predicted octanol–water partition coefficient (Wildman–Crippen LogP) is 4.03. The maximum atomic E-state index is 11.9. The Balaban J connectivity index is 2.16. The fourth-order valence-corrected chi connectivity index (χ4v) is 2.35. The summed E-state index contributed by atoms with van der Waals surface area (Å²) in [6.45, 7) is 5.99. The van der Waals surface area contributed by atoms with E-state index in [0.717, 1.165) is 40.7 Å². The molecule has 0 aliphatic heterocycles. The lowest BCUT2D eigenvalue weighted by atomic mass is 9.93. The SMILES string of the molecule is CC1=CC(=C(C)CCc2cc(C)ccc2O)C(=O)C=C1. The van der Waals surface area contributed by atoms with Gasteiger partial charge in [0.1, 0.15) is 5.75 Å². The molecule has 1 aromatic rings. The van der Waals surface area contributed by atoms with Gasteiger partial charge in [0, 0.05) is 5.57 Å². The molecule has 0 unspecified atom stereocenters. The standard InChI is InChI=1S/C18H20O2/c1-12-4-8-17(19)15(10-12)7-6-14(3)16-11-13(2)5-9-18(16)20/h4-5,8-11,19H,6-7H2,1-3H3. The molecule has 0 fully saturated rings. The van der Waals surface area contributed by atoms with Crippen molar-refractivity contribution in [3.63, 3.8) is 0 Å². The normalized spacial score (nSPS) is 17.1. The van der Waals surface area contributed by atoms with E-state index in [9.17, 15) is 9.90 Å². The number of carbonyl (C=O) groups excluding carboxylic acids is 1. The van der Waals surface area contributed by atoms with Crippen molar-refractivity contribution in [3.8, 4) is 5.75 Å². The Morgan fingerprint density at radius 2 is 1.95 bits per heavy atom. The van der Waals surface area contributed by atoms with Crippen molar-refractivity contribution in [1.82, 2.24) is 0 Å². The van der Waals surface area contributed by atoms with Crippen LogP contribution in [0.5, 0.6) is 5.75 Å². The molecule has 0 saturated carbocycles. The van der Waals surface area contributed by atoms with Crippen LogP contribution in [0.25, 0.3) is 0 Å². The van der Waals surface area contributed by atoms with Crippen LogP contribution < -0.4 is 0 Å². The second kappa shape index (κ2) is 5.91. The summed E-state index contributed by atoms with van der Waals surface area (Å²) < 4.78 is 0. The molecule has 0 atom stereocenters. The van der Waals surface area contributed by atoms with Gasteiger partial charge in [0.25, 0.3) is 0 Å². The molecule has 0 radical (unpaired) electrons. The molecule has 0 spiro atoms. The number of hydrogen-bond donors (Lipinski definition) is 1. The number of ketones is 1. The first-order valence-electron chi connectivity index (χ1n) is 6.86. The molecular formula is C18H20O2. The van der Waals surface area contributed by atoms with Crippen molar-refractivity contribution in [2.24, 2.45) is 0 Å². The molecule has 104 valence electrons. The highest BCUT2D eigenvalue weighted by Crippen LogP contribution is 2.24. The molecule has 0 bridgehead atoms. The first kappa shape index (κ1) is 14.3. The van der Waals surface area contributed by atoms with E-state index in [1.54, 1.807) is 12.1 Å². The number of benzene rings is 1. The van der Waals surface area contributed by atoms with E-state index in [1.807, 2.05) is 45.1 Å². The molecule has 1 aliphatic rings. The van der Waals surface area contributed by atoms with E-state index in [0.29, 0.717) is 5.75 Å². The average molecular weight is 268 g/mol. The Kier molecular flexibility index (Phi) is 4.23. The van der Waals surface area contributed by atoms with E-state index >= 15 is 0 Å². The molecule has 2 nitrogen and oxygen atoms in total. The number of hydrogen-bond acceptors (Lipinski definition) is 2. The van der Waals surface area contributed by atoms with Crippen LogP contribution in [0.15, 0.2) is 53.1 Å². The van der Waals surface area contributed by atoms with Crippen LogP contribution in [0.1, 0.15) is 31.4 Å². The maximum absolute atomic E-state index is 11.9. The van der Waals surface area contributed by atoms with Gasteiger partial charge in [0.05, 0.1) is 0 Å². The lowest BCUT2D eigenvalue weighted by Crippen LogP contribution is -2.04. The van der Waals surface area contributed by atoms with E-state index in [1.165, 1.54) is 0 Å². The second-order valence-corrected chi connectivity index (χ2v) is 5.41. The van der Waals surface area contributed by atoms with E-state index in [2.05, 4.69) is 0 Å². The highest BCUT2D eigenvalue weighted by molar-refractivity contribution is 6.08. The van der Waals surface area contributed by atoms with E-state index in [4.69, 9.17) is 0 Å². The van der Waals surface area contributed by atoms with Gasteiger partial charge in [-0.1, -0.05) is 34.9 Å². The predicted molar refractivity (Wildman–Crippen MR) is 81.8 cm³/mol. The number of aryl methyl sites for hydroxylation is 2. The Morgan fingerprint density at radius 1 is 1.20 bits per heavy atom. The minimum absolute atomic E-state index is 0.0709. The van der Waals surface area contributed by atoms with Crippen LogP contribution in [-0.4, -0.2) is 10.9 Å². The van der Waals surface area contributed by atoms with Gasteiger partial charge in [-0.15, -0.1) is 0 Å². The monoisotopic (exact) mass is 268 g/mol. The smallest absolute Gasteiger partial charge is 0.185 e. The maximum Gasteiger partial charge on any atom is 0.185 e. The van der Waals surface area contributed by atoms with Gasteiger partial charge in [-0.05, 0) is 57.4 Å². The molecular weight excluding hydrogens is 248 g/mol. The number of phenolic OH excluding ortho intramolecular Hbond substituents is 1. The Morgan fingerprint density at radius 3 is 2.70 bits per heavy atom. The van der Waals surface area contributed by atoms with Gasteiger partial charge in [-0.3, -0.25) is 4.79 Å². The molecule has 20 heavy (non-hydrogen) atoms. The van der Waals surface area contributed by atoms with Crippen LogP contribution in [0.2, 0.25) is 0 Å². The minimum atomic E-state index is 0.0709. The largest absolute Gasteiger partial charge is 0.508 e. The Hall–Kier alpha value is -2.09. The van der Waals surface area contributed by atoms with Crippen LogP contribution in [0.4, 0.5) is 0 Å². The fraction of sp³-hybridized carbons (Fsp3) is 0.278. The van der Waals surface area contributed by atoms with Gasteiger partial charge in [-0.2, -0.15) is 0 Å². The highest BCUT2D eigenvalue weighted by Gasteiger charge is 2.12. The molecule has 1 N–H and O–H groups in total. The van der Waals surface area contributed by atoms with Crippen LogP contribution in [0.3, 0.4) is 0 Å². The minimum Gasteiger partial charge on any atom is -0.508 e. The first-order chi connectivity index (χ1) is 9.47. The van der Waals surface area contributed by atoms with Gasteiger partial charge >= 0.3 is 0 Å². The van der Waals surface area contributed by atoms with Crippen LogP contribution in [-0.2, 0) is 11.2 Å². The van der Waals surface area contributed by atoms with Crippen molar-refractivity contribution in [2.45, 2.75) is 33.6 Å². The molecule has 0 amide bonds. The van der Waals surface area contributed by atoms with E-state index in [-0.39, 0.29) is 5.78 Å².